The van der Waals surface area contributed by atoms with Gasteiger partial charge in [0, 0.05) is 13.1 Å². The summed E-state index contributed by atoms with van der Waals surface area (Å²) in [5, 5.41) is 5.00. The van der Waals surface area contributed by atoms with E-state index in [1.54, 1.807) is 55.6 Å². The molecule has 0 bridgehead atoms. The van der Waals surface area contributed by atoms with Crippen LogP contribution in [-0.4, -0.2) is 57.6 Å². The summed E-state index contributed by atoms with van der Waals surface area (Å²) in [6.07, 6.45) is -0.355. The highest BCUT2D eigenvalue weighted by Crippen LogP contribution is 2.22. The molecule has 9 nitrogen and oxygen atoms in total. The van der Waals surface area contributed by atoms with Crippen molar-refractivity contribution in [3.05, 3.63) is 59.7 Å². The van der Waals surface area contributed by atoms with Gasteiger partial charge in [0.05, 0.1) is 25.2 Å². The number of hydrogen-bond donors (Lipinski definition) is 2. The quantitative estimate of drug-likeness (QED) is 0.599. The molecule has 1 fully saturated rings. The van der Waals surface area contributed by atoms with Gasteiger partial charge in [0.1, 0.15) is 12.0 Å². The lowest BCUT2D eigenvalue weighted by Gasteiger charge is -2.34. The number of benzene rings is 2. The Morgan fingerprint density at radius 1 is 1.06 bits per heavy atom. The van der Waals surface area contributed by atoms with Gasteiger partial charge in [-0.3, -0.25) is 9.59 Å². The van der Waals surface area contributed by atoms with E-state index < -0.39 is 28.1 Å². The Morgan fingerprint density at radius 2 is 1.72 bits per heavy atom. The highest BCUT2D eigenvalue weighted by Gasteiger charge is 2.34. The van der Waals surface area contributed by atoms with Gasteiger partial charge < -0.3 is 20.1 Å². The van der Waals surface area contributed by atoms with Crippen LogP contribution >= 0.6 is 0 Å². The van der Waals surface area contributed by atoms with Crippen LogP contribution in [0.15, 0.2) is 53.4 Å². The first-order valence-electron chi connectivity index (χ1n) is 10.2. The van der Waals surface area contributed by atoms with Gasteiger partial charge in [0.25, 0.3) is 0 Å². The molecule has 2 aromatic carbocycles. The molecule has 1 atom stereocenters. The number of hydrogen-bond acceptors (Lipinski definition) is 6. The van der Waals surface area contributed by atoms with E-state index >= 15 is 0 Å². The summed E-state index contributed by atoms with van der Waals surface area (Å²) in [6, 6.07) is 13.6. The molecular weight excluding hydrogens is 434 g/mol. The lowest BCUT2D eigenvalue weighted by Crippen LogP contribution is -2.53. The Balaban J connectivity index is 1.56. The van der Waals surface area contributed by atoms with Crippen LogP contribution in [-0.2, 0) is 30.9 Å². The van der Waals surface area contributed by atoms with E-state index in [-0.39, 0.29) is 24.5 Å². The number of nitrogens with zero attached hydrogens (tertiary/aromatic N) is 1. The first-order valence-corrected chi connectivity index (χ1v) is 11.6. The normalized spacial score (nSPS) is 16.9. The fraction of sp³-hybridized carbons (Fsp3) is 0.364. The smallest absolute Gasteiger partial charge is 0.309 e. The molecule has 32 heavy (non-hydrogen) atoms. The summed E-state index contributed by atoms with van der Waals surface area (Å²) >= 11 is 0. The van der Waals surface area contributed by atoms with E-state index in [1.807, 2.05) is 6.92 Å². The van der Waals surface area contributed by atoms with Crippen LogP contribution in [0, 0.1) is 6.92 Å². The predicted octanol–water partition coefficient (Wildman–Crippen LogP) is 1.17. The minimum absolute atomic E-state index is 0.139. The number of methoxy groups -OCH3 is 1. The van der Waals surface area contributed by atoms with Crippen LogP contribution < -0.4 is 15.4 Å². The average molecular weight is 462 g/mol. The predicted molar refractivity (Wildman–Crippen MR) is 117 cm³/mol. The molecule has 1 aliphatic heterocycles. The zero-order valence-electron chi connectivity index (χ0n) is 18.0. The number of sulfonamides is 1. The molecule has 1 saturated heterocycles. The Bertz CT molecular complexity index is 1040. The Labute approximate surface area is 187 Å². The monoisotopic (exact) mass is 461 g/mol. The summed E-state index contributed by atoms with van der Waals surface area (Å²) in [4.78, 5) is 24.5. The van der Waals surface area contributed by atoms with E-state index in [0.717, 1.165) is 11.1 Å². The van der Waals surface area contributed by atoms with Crippen LogP contribution in [0.5, 0.6) is 5.75 Å². The number of nitrogens with one attached hydrogen (secondary N) is 2. The molecule has 2 aromatic rings. The molecule has 0 radical (unpaired) electrons. The maximum atomic E-state index is 13.0. The van der Waals surface area contributed by atoms with Gasteiger partial charge in [-0.25, -0.2) is 8.42 Å². The number of carbonyl (C=O) groups excluding carboxylic acids is 2. The molecule has 3 rings (SSSR count). The van der Waals surface area contributed by atoms with Gasteiger partial charge in [-0.05, 0) is 43.2 Å². The molecule has 172 valence electrons. The van der Waals surface area contributed by atoms with E-state index in [1.165, 1.54) is 4.31 Å². The van der Waals surface area contributed by atoms with Crippen molar-refractivity contribution in [2.45, 2.75) is 31.0 Å². The fourth-order valence-electron chi connectivity index (χ4n) is 3.21. The number of aryl methyl sites for hydroxylation is 1. The van der Waals surface area contributed by atoms with Crippen molar-refractivity contribution in [1.29, 1.82) is 0 Å². The first-order chi connectivity index (χ1) is 15.3. The Hall–Kier alpha value is -2.95. The van der Waals surface area contributed by atoms with Crippen LogP contribution in [0.4, 0.5) is 0 Å². The van der Waals surface area contributed by atoms with Crippen molar-refractivity contribution in [2.24, 2.45) is 0 Å². The minimum atomic E-state index is -3.80. The summed E-state index contributed by atoms with van der Waals surface area (Å²) in [5.41, 5.74) is 1.75. The van der Waals surface area contributed by atoms with Crippen LogP contribution in [0.1, 0.15) is 17.5 Å². The summed E-state index contributed by atoms with van der Waals surface area (Å²) in [6.45, 7) is 2.53. The summed E-state index contributed by atoms with van der Waals surface area (Å²) in [5.74, 6) is -0.986. The maximum absolute atomic E-state index is 13.0. The van der Waals surface area contributed by atoms with Crippen molar-refractivity contribution >= 4 is 21.8 Å². The van der Waals surface area contributed by atoms with E-state index in [0.29, 0.717) is 18.8 Å². The van der Waals surface area contributed by atoms with E-state index in [9.17, 15) is 18.0 Å². The molecule has 1 aliphatic rings. The second-order valence-electron chi connectivity index (χ2n) is 7.35. The van der Waals surface area contributed by atoms with Gasteiger partial charge in [0.2, 0.25) is 10.0 Å². The van der Waals surface area contributed by atoms with Gasteiger partial charge >= 0.3 is 11.8 Å². The first kappa shape index (κ1) is 23.7. The molecule has 2 N–H and O–H groups in total. The molecule has 0 aliphatic carbocycles. The van der Waals surface area contributed by atoms with E-state index in [2.05, 4.69) is 10.6 Å². The van der Waals surface area contributed by atoms with Crippen molar-refractivity contribution in [3.63, 3.8) is 0 Å². The molecule has 0 saturated carbocycles. The zero-order valence-corrected chi connectivity index (χ0v) is 18.9. The second kappa shape index (κ2) is 10.6. The van der Waals surface area contributed by atoms with Crippen molar-refractivity contribution in [1.82, 2.24) is 14.9 Å². The molecule has 2 amide bonds. The van der Waals surface area contributed by atoms with E-state index in [4.69, 9.17) is 9.47 Å². The largest absolute Gasteiger partial charge is 0.497 e. The highest BCUT2D eigenvalue weighted by molar-refractivity contribution is 7.89. The van der Waals surface area contributed by atoms with Crippen molar-refractivity contribution in [2.75, 3.05) is 26.8 Å². The molecular formula is C22H27N3O6S. The maximum Gasteiger partial charge on any atom is 0.309 e. The number of ether oxygens (including phenoxy) is 2. The fourth-order valence-corrected chi connectivity index (χ4v) is 4.78. The highest BCUT2D eigenvalue weighted by atomic mass is 32.2. The minimum Gasteiger partial charge on any atom is -0.497 e. The topological polar surface area (TPSA) is 114 Å². The molecule has 0 aromatic heterocycles. The Morgan fingerprint density at radius 3 is 2.38 bits per heavy atom. The standard InChI is InChI=1S/C22H27N3O6S/c1-16-4-10-19(11-5-16)32(28,29)25-12-3-13-31-20(25)15-24-22(27)21(26)23-14-17-6-8-18(30-2)9-7-17/h4-11,20H,3,12-15H2,1-2H3,(H,23,26)(H,24,27). The SMILES string of the molecule is COc1ccc(CNC(=O)C(=O)NCC2OCCCN2S(=O)(=O)c2ccc(C)cc2)cc1. The molecule has 1 unspecified atom stereocenters. The van der Waals surface area contributed by atoms with Crippen molar-refractivity contribution in [3.8, 4) is 5.75 Å². The van der Waals surface area contributed by atoms with Crippen LogP contribution in [0.25, 0.3) is 0 Å². The average Bonchev–Trinajstić information content (AvgIpc) is 2.81. The van der Waals surface area contributed by atoms with Crippen LogP contribution in [0.3, 0.4) is 0 Å². The third-order valence-corrected chi connectivity index (χ3v) is 6.94. The van der Waals surface area contributed by atoms with Crippen LogP contribution in [0.2, 0.25) is 0 Å². The van der Waals surface area contributed by atoms with Gasteiger partial charge in [-0.2, -0.15) is 4.31 Å². The lowest BCUT2D eigenvalue weighted by molar-refractivity contribution is -0.140. The van der Waals surface area contributed by atoms with Gasteiger partial charge in [-0.15, -0.1) is 0 Å². The second-order valence-corrected chi connectivity index (χ2v) is 9.24. The van der Waals surface area contributed by atoms with Gasteiger partial charge in [-0.1, -0.05) is 29.8 Å². The molecule has 0 spiro atoms. The van der Waals surface area contributed by atoms with Crippen molar-refractivity contribution < 1.29 is 27.5 Å². The molecule has 10 heteroatoms. The summed E-state index contributed by atoms with van der Waals surface area (Å²) in [7, 11) is -2.24. The third-order valence-electron chi connectivity index (χ3n) is 5.04. The summed E-state index contributed by atoms with van der Waals surface area (Å²) < 4.78 is 38.0. The lowest BCUT2D eigenvalue weighted by atomic mass is 10.2. The zero-order chi connectivity index (χ0) is 23.1. The number of carbonyl (C=O) groups is 2. The van der Waals surface area contributed by atoms with Gasteiger partial charge in [0.15, 0.2) is 0 Å². The third kappa shape index (κ3) is 5.84. The Kier molecular flexibility index (Phi) is 7.84. The molecule has 1 heterocycles. The number of rotatable bonds is 7. The number of amides is 2.